The number of carboxylic acid groups (broad SMARTS) is 1. The van der Waals surface area contributed by atoms with Crippen LogP contribution in [0.2, 0.25) is 5.02 Å². The maximum absolute atomic E-state index is 14.8. The number of rotatable bonds is 8. The minimum absolute atomic E-state index is 0.0119. The lowest BCUT2D eigenvalue weighted by Crippen LogP contribution is -2.47. The average Bonchev–Trinajstić information content (AvgIpc) is 2.99. The number of hydrogen-bond acceptors (Lipinski definition) is 7. The van der Waals surface area contributed by atoms with Crippen molar-refractivity contribution in [1.82, 2.24) is 9.88 Å². The monoisotopic (exact) mass is 664 g/mol. The van der Waals surface area contributed by atoms with Crippen LogP contribution in [0.5, 0.6) is 11.5 Å². The number of hydrogen-bond donors (Lipinski definition) is 2. The number of benzene rings is 2. The zero-order valence-electron chi connectivity index (χ0n) is 27.5. The van der Waals surface area contributed by atoms with E-state index in [2.05, 4.69) is 46.1 Å². The highest BCUT2D eigenvalue weighted by Gasteiger charge is 2.29. The van der Waals surface area contributed by atoms with Crippen molar-refractivity contribution in [2.24, 2.45) is 5.41 Å². The van der Waals surface area contributed by atoms with Crippen molar-refractivity contribution < 1.29 is 28.6 Å². The summed E-state index contributed by atoms with van der Waals surface area (Å²) in [4.78, 5) is 32.7. The molecule has 250 valence electrons. The molecule has 1 fully saturated rings. The van der Waals surface area contributed by atoms with Crippen LogP contribution in [0, 0.1) is 11.2 Å². The van der Waals surface area contributed by atoms with Crippen LogP contribution >= 0.6 is 11.6 Å². The Morgan fingerprint density at radius 3 is 2.40 bits per heavy atom. The largest absolute Gasteiger partial charge is 0.478 e. The van der Waals surface area contributed by atoms with Crippen molar-refractivity contribution in [3.63, 3.8) is 0 Å². The molecule has 47 heavy (non-hydrogen) atoms. The van der Waals surface area contributed by atoms with E-state index in [1.54, 1.807) is 32.9 Å². The number of allylic oxidation sites excluding steroid dienone is 1. The molecule has 0 radical (unpaired) electrons. The van der Waals surface area contributed by atoms with E-state index in [0.29, 0.717) is 0 Å². The highest BCUT2D eigenvalue weighted by molar-refractivity contribution is 6.30. The smallest absolute Gasteiger partial charge is 0.413 e. The van der Waals surface area contributed by atoms with Gasteiger partial charge in [0.05, 0.1) is 6.20 Å². The summed E-state index contributed by atoms with van der Waals surface area (Å²) < 4.78 is 25.8. The topological polar surface area (TPSA) is 104 Å². The molecule has 1 amide bonds. The summed E-state index contributed by atoms with van der Waals surface area (Å²) in [6, 6.07) is 14.1. The molecule has 2 aliphatic rings. The number of piperazine rings is 1. The molecule has 11 heteroatoms. The third-order valence-corrected chi connectivity index (χ3v) is 8.64. The Morgan fingerprint density at radius 1 is 1.06 bits per heavy atom. The first-order valence-corrected chi connectivity index (χ1v) is 16.2. The molecule has 1 saturated heterocycles. The molecule has 0 saturated carbocycles. The van der Waals surface area contributed by atoms with Crippen LogP contribution in [-0.4, -0.2) is 65.4 Å². The van der Waals surface area contributed by atoms with Gasteiger partial charge in [0, 0.05) is 55.6 Å². The van der Waals surface area contributed by atoms with E-state index in [0.717, 1.165) is 68.8 Å². The lowest BCUT2D eigenvalue weighted by atomic mass is 9.72. The van der Waals surface area contributed by atoms with Gasteiger partial charge in [0.1, 0.15) is 22.7 Å². The van der Waals surface area contributed by atoms with Gasteiger partial charge in [0.15, 0.2) is 11.6 Å². The summed E-state index contributed by atoms with van der Waals surface area (Å²) in [6.45, 7) is 13.8. The second-order valence-corrected chi connectivity index (χ2v) is 14.3. The molecule has 1 aromatic heterocycles. The van der Waals surface area contributed by atoms with E-state index in [1.165, 1.54) is 29.0 Å². The van der Waals surface area contributed by atoms with Crippen LogP contribution in [-0.2, 0) is 4.74 Å². The van der Waals surface area contributed by atoms with E-state index in [4.69, 9.17) is 21.1 Å². The Labute approximate surface area is 280 Å². The zero-order chi connectivity index (χ0) is 33.9. The predicted molar refractivity (Wildman–Crippen MR) is 182 cm³/mol. The Balaban J connectivity index is 1.27. The molecule has 1 aliphatic carbocycles. The average molecular weight is 665 g/mol. The Kier molecular flexibility index (Phi) is 10.1. The Morgan fingerprint density at radius 2 is 1.77 bits per heavy atom. The van der Waals surface area contributed by atoms with Crippen LogP contribution < -0.4 is 15.0 Å². The molecule has 3 aromatic rings. The summed E-state index contributed by atoms with van der Waals surface area (Å²) in [6.07, 6.45) is 3.62. The number of amides is 1. The highest BCUT2D eigenvalue weighted by Crippen LogP contribution is 2.43. The Bertz CT molecular complexity index is 1660. The van der Waals surface area contributed by atoms with Gasteiger partial charge in [0.2, 0.25) is 0 Å². The number of nitrogens with one attached hydrogen (secondary N) is 1. The predicted octanol–water partition coefficient (Wildman–Crippen LogP) is 8.50. The summed E-state index contributed by atoms with van der Waals surface area (Å²) in [5.41, 5.74) is 4.37. The van der Waals surface area contributed by atoms with Gasteiger partial charge in [-0.2, -0.15) is 0 Å². The van der Waals surface area contributed by atoms with Gasteiger partial charge >= 0.3 is 12.1 Å². The van der Waals surface area contributed by atoms with Crippen molar-refractivity contribution in [3.8, 4) is 11.5 Å². The molecular weight excluding hydrogens is 623 g/mol. The fraction of sp³-hybridized carbons (Fsp3) is 0.417. The molecule has 1 aliphatic heterocycles. The molecule has 0 bridgehead atoms. The highest BCUT2D eigenvalue weighted by atomic mass is 35.5. The number of carbonyl (C=O) groups excluding carboxylic acids is 1. The van der Waals surface area contributed by atoms with Crippen LogP contribution in [0.3, 0.4) is 0 Å². The summed E-state index contributed by atoms with van der Waals surface area (Å²) in [5, 5.41) is 12.8. The molecule has 0 unspecified atom stereocenters. The fourth-order valence-electron chi connectivity index (χ4n) is 5.96. The molecular formula is C36H42ClFN4O5. The molecule has 0 spiro atoms. The minimum atomic E-state index is -1.17. The van der Waals surface area contributed by atoms with Crippen molar-refractivity contribution in [2.75, 3.05) is 42.9 Å². The summed E-state index contributed by atoms with van der Waals surface area (Å²) in [7, 11) is 0. The summed E-state index contributed by atoms with van der Waals surface area (Å²) in [5.74, 6) is -2.30. The molecule has 2 heterocycles. The van der Waals surface area contributed by atoms with E-state index < -0.39 is 23.5 Å². The van der Waals surface area contributed by atoms with Crippen LogP contribution in [0.1, 0.15) is 69.8 Å². The number of halogens is 2. The SMILES string of the molecule is CC1(C)CCC(CN2CCN(c3ccc(C(=O)O)c(Oc4cnc(NC(=O)OC(C)(C)C)c(F)c4)c3)CC2)=C(c2ccc(Cl)cc2)C1. The maximum atomic E-state index is 14.8. The fourth-order valence-corrected chi connectivity index (χ4v) is 6.09. The van der Waals surface area contributed by atoms with E-state index >= 15 is 0 Å². The first-order chi connectivity index (χ1) is 22.2. The summed E-state index contributed by atoms with van der Waals surface area (Å²) >= 11 is 6.18. The lowest BCUT2D eigenvalue weighted by Gasteiger charge is -2.39. The van der Waals surface area contributed by atoms with Crippen molar-refractivity contribution in [1.29, 1.82) is 0 Å². The number of carbonyl (C=O) groups is 2. The van der Waals surface area contributed by atoms with Gasteiger partial charge in [-0.05, 0) is 80.9 Å². The van der Waals surface area contributed by atoms with Crippen molar-refractivity contribution in [2.45, 2.75) is 59.5 Å². The lowest BCUT2D eigenvalue weighted by molar-refractivity contribution is 0.0632. The number of carboxylic acids is 1. The van der Waals surface area contributed by atoms with Gasteiger partial charge in [-0.25, -0.2) is 19.0 Å². The van der Waals surface area contributed by atoms with Gasteiger partial charge in [0.25, 0.3) is 0 Å². The van der Waals surface area contributed by atoms with Gasteiger partial charge in [-0.1, -0.05) is 43.2 Å². The molecule has 2 aromatic carbocycles. The zero-order valence-corrected chi connectivity index (χ0v) is 28.3. The molecule has 0 atom stereocenters. The normalized spacial score (nSPS) is 17.0. The number of anilines is 2. The second-order valence-electron chi connectivity index (χ2n) is 13.9. The molecule has 9 nitrogen and oxygen atoms in total. The second kappa shape index (κ2) is 13.9. The van der Waals surface area contributed by atoms with Gasteiger partial charge < -0.3 is 19.5 Å². The van der Waals surface area contributed by atoms with Gasteiger partial charge in [-0.3, -0.25) is 10.2 Å². The number of aromatic carboxylic acids is 1. The third-order valence-electron chi connectivity index (χ3n) is 8.39. The first-order valence-electron chi connectivity index (χ1n) is 15.8. The van der Waals surface area contributed by atoms with E-state index in [1.807, 2.05) is 12.1 Å². The van der Waals surface area contributed by atoms with Gasteiger partial charge in [-0.15, -0.1) is 0 Å². The number of aromatic nitrogens is 1. The number of ether oxygens (including phenoxy) is 2. The van der Waals surface area contributed by atoms with Crippen molar-refractivity contribution in [3.05, 3.63) is 82.3 Å². The molecule has 5 rings (SSSR count). The van der Waals surface area contributed by atoms with Crippen LogP contribution in [0.15, 0.2) is 60.3 Å². The maximum Gasteiger partial charge on any atom is 0.413 e. The number of pyridine rings is 1. The third kappa shape index (κ3) is 9.02. The molecule has 2 N–H and O–H groups in total. The standard InChI is InChI=1S/C36H42ClFN4O5/c1-35(2,3)47-34(45)40-32-30(38)19-27(21-39-32)46-31-18-26(10-11-28(31)33(43)44)42-16-14-41(15-17-42)22-24-12-13-36(4,5)20-29(24)23-6-8-25(37)9-7-23/h6-11,18-19,21H,12-17,20,22H2,1-5H3,(H,43,44)(H,39,40,45). The minimum Gasteiger partial charge on any atom is -0.478 e. The van der Waals surface area contributed by atoms with E-state index in [9.17, 15) is 19.1 Å². The number of nitrogens with zero attached hydrogens (tertiary/aromatic N) is 3. The van der Waals surface area contributed by atoms with Crippen molar-refractivity contribution >= 4 is 40.7 Å². The Hall–Kier alpha value is -4.15. The first kappa shape index (κ1) is 34.2. The van der Waals surface area contributed by atoms with Crippen LogP contribution in [0.4, 0.5) is 20.7 Å². The quantitative estimate of drug-likeness (QED) is 0.247. The van der Waals surface area contributed by atoms with E-state index in [-0.39, 0.29) is 28.3 Å². The van der Waals surface area contributed by atoms with Crippen LogP contribution in [0.25, 0.3) is 5.57 Å².